The lowest BCUT2D eigenvalue weighted by molar-refractivity contribution is -0.116. The Morgan fingerprint density at radius 2 is 2.40 bits per heavy atom. The molecule has 102 valence electrons. The second-order valence-corrected chi connectivity index (χ2v) is 5.04. The molecule has 0 fully saturated rings. The highest BCUT2D eigenvalue weighted by Gasteiger charge is 2.12. The Morgan fingerprint density at radius 3 is 3.10 bits per heavy atom. The molecule has 0 saturated heterocycles. The first kappa shape index (κ1) is 13.9. The van der Waals surface area contributed by atoms with Crippen molar-refractivity contribution in [3.05, 3.63) is 24.5 Å². The van der Waals surface area contributed by atoms with Crippen LogP contribution in [0.3, 0.4) is 0 Å². The number of nitrogens with zero attached hydrogens (tertiary/aromatic N) is 4. The zero-order valence-corrected chi connectivity index (χ0v) is 11.5. The van der Waals surface area contributed by atoms with Crippen molar-refractivity contribution in [2.75, 3.05) is 5.32 Å². The fourth-order valence-corrected chi connectivity index (χ4v) is 2.24. The third-order valence-corrected chi connectivity index (χ3v) is 3.27. The van der Waals surface area contributed by atoms with Gasteiger partial charge in [-0.2, -0.15) is 5.26 Å². The van der Waals surface area contributed by atoms with Crippen LogP contribution in [0.2, 0.25) is 0 Å². The Balaban J connectivity index is 1.97. The summed E-state index contributed by atoms with van der Waals surface area (Å²) in [6, 6.07) is 3.47. The van der Waals surface area contributed by atoms with Crippen LogP contribution in [0.1, 0.15) is 13.3 Å². The van der Waals surface area contributed by atoms with Crippen LogP contribution < -0.4 is 10.6 Å². The lowest BCUT2D eigenvalue weighted by Gasteiger charge is -2.07. The second-order valence-electron chi connectivity index (χ2n) is 4.06. The van der Waals surface area contributed by atoms with Gasteiger partial charge in [-0.25, -0.2) is 0 Å². The quantitative estimate of drug-likeness (QED) is 0.636. The summed E-state index contributed by atoms with van der Waals surface area (Å²) >= 11 is 1.28. The van der Waals surface area contributed by atoms with Crippen LogP contribution in [-0.2, 0) is 4.79 Å². The third kappa shape index (κ3) is 3.73. The summed E-state index contributed by atoms with van der Waals surface area (Å²) < 4.78 is 0. The monoisotopic (exact) mass is 288 g/mol. The smallest absolute Gasteiger partial charge is 0.228 e. The molecule has 0 bridgehead atoms. The van der Waals surface area contributed by atoms with Gasteiger partial charge in [0.2, 0.25) is 11.0 Å². The highest BCUT2D eigenvalue weighted by molar-refractivity contribution is 7.18. The molecule has 0 aliphatic carbocycles. The molecule has 2 heterocycles. The van der Waals surface area contributed by atoms with Gasteiger partial charge in [0, 0.05) is 30.4 Å². The Morgan fingerprint density at radius 1 is 1.55 bits per heavy atom. The van der Waals surface area contributed by atoms with Crippen molar-refractivity contribution in [1.82, 2.24) is 20.5 Å². The Labute approximate surface area is 119 Å². The standard InChI is InChI=1S/C12H12N6OS/c1-8(15-7-13)5-10(19)16-12-18-17-11(20-12)9-3-2-4-14-6-9/h2-4,6,8,15H,5H2,1H3,(H,16,18,19). The van der Waals surface area contributed by atoms with E-state index >= 15 is 0 Å². The number of carbonyl (C=O) groups excluding carboxylic acids is 1. The molecule has 1 atom stereocenters. The minimum Gasteiger partial charge on any atom is -0.321 e. The van der Waals surface area contributed by atoms with Crippen LogP contribution in [0.5, 0.6) is 0 Å². The van der Waals surface area contributed by atoms with E-state index in [2.05, 4.69) is 25.8 Å². The van der Waals surface area contributed by atoms with Crippen molar-refractivity contribution in [3.8, 4) is 16.8 Å². The van der Waals surface area contributed by atoms with Crippen LogP contribution in [0.25, 0.3) is 10.6 Å². The third-order valence-electron chi connectivity index (χ3n) is 2.38. The number of nitriles is 1. The van der Waals surface area contributed by atoms with Crippen molar-refractivity contribution < 1.29 is 4.79 Å². The normalized spacial score (nSPS) is 11.4. The van der Waals surface area contributed by atoms with Crippen molar-refractivity contribution in [1.29, 1.82) is 5.26 Å². The van der Waals surface area contributed by atoms with E-state index in [1.54, 1.807) is 25.5 Å². The van der Waals surface area contributed by atoms with Crippen molar-refractivity contribution in [3.63, 3.8) is 0 Å². The van der Waals surface area contributed by atoms with Crippen LogP contribution in [0, 0.1) is 11.5 Å². The summed E-state index contributed by atoms with van der Waals surface area (Å²) in [5, 5.41) is 22.6. The number of anilines is 1. The van der Waals surface area contributed by atoms with E-state index in [4.69, 9.17) is 5.26 Å². The minimum absolute atomic E-state index is 0.190. The van der Waals surface area contributed by atoms with Crippen LogP contribution in [0.4, 0.5) is 5.13 Å². The van der Waals surface area contributed by atoms with E-state index in [-0.39, 0.29) is 18.4 Å². The number of aromatic nitrogens is 3. The van der Waals surface area contributed by atoms with Gasteiger partial charge in [0.1, 0.15) is 0 Å². The molecular formula is C12H12N6OS. The molecule has 7 nitrogen and oxygen atoms in total. The number of rotatable bonds is 5. The van der Waals surface area contributed by atoms with Crippen molar-refractivity contribution in [2.24, 2.45) is 0 Å². The Kier molecular flexibility index (Phi) is 4.57. The molecular weight excluding hydrogens is 276 g/mol. The van der Waals surface area contributed by atoms with Gasteiger partial charge in [-0.1, -0.05) is 11.3 Å². The minimum atomic E-state index is -0.217. The number of pyridine rings is 1. The maximum absolute atomic E-state index is 11.7. The summed E-state index contributed by atoms with van der Waals surface area (Å²) in [7, 11) is 0. The summed E-state index contributed by atoms with van der Waals surface area (Å²) in [5.41, 5.74) is 0.852. The molecule has 1 amide bonds. The first-order chi connectivity index (χ1) is 9.69. The fraction of sp³-hybridized carbons (Fsp3) is 0.250. The summed E-state index contributed by atoms with van der Waals surface area (Å²) in [6.45, 7) is 1.75. The number of hydrogen-bond acceptors (Lipinski definition) is 7. The summed E-state index contributed by atoms with van der Waals surface area (Å²) in [6.07, 6.45) is 5.35. The average Bonchev–Trinajstić information content (AvgIpc) is 2.88. The van der Waals surface area contributed by atoms with Gasteiger partial charge in [0.05, 0.1) is 0 Å². The van der Waals surface area contributed by atoms with E-state index in [0.717, 1.165) is 5.56 Å². The van der Waals surface area contributed by atoms with Gasteiger partial charge in [-0.15, -0.1) is 10.2 Å². The van der Waals surface area contributed by atoms with E-state index in [1.807, 2.05) is 12.1 Å². The highest BCUT2D eigenvalue weighted by atomic mass is 32.1. The van der Waals surface area contributed by atoms with E-state index < -0.39 is 0 Å². The van der Waals surface area contributed by atoms with Crippen LogP contribution in [0.15, 0.2) is 24.5 Å². The Hall–Kier alpha value is -2.53. The number of nitrogens with one attached hydrogen (secondary N) is 2. The zero-order valence-electron chi connectivity index (χ0n) is 10.7. The molecule has 2 aromatic rings. The topological polar surface area (TPSA) is 104 Å². The number of hydrogen-bond donors (Lipinski definition) is 2. The first-order valence-electron chi connectivity index (χ1n) is 5.87. The maximum Gasteiger partial charge on any atom is 0.228 e. The predicted molar refractivity (Wildman–Crippen MR) is 74.6 cm³/mol. The maximum atomic E-state index is 11.7. The number of amides is 1. The highest BCUT2D eigenvalue weighted by Crippen LogP contribution is 2.25. The summed E-state index contributed by atoms with van der Waals surface area (Å²) in [4.78, 5) is 15.7. The molecule has 0 saturated carbocycles. The molecule has 2 N–H and O–H groups in total. The van der Waals surface area contributed by atoms with Crippen molar-refractivity contribution in [2.45, 2.75) is 19.4 Å². The fourth-order valence-electron chi connectivity index (χ4n) is 1.49. The lowest BCUT2D eigenvalue weighted by Crippen LogP contribution is -2.27. The SMILES string of the molecule is CC(CC(=O)Nc1nnc(-c2cccnc2)s1)NC#N. The average molecular weight is 288 g/mol. The Bertz CT molecular complexity index is 620. The lowest BCUT2D eigenvalue weighted by atomic mass is 10.2. The second kappa shape index (κ2) is 6.58. The van der Waals surface area contributed by atoms with Gasteiger partial charge < -0.3 is 10.6 Å². The molecule has 2 aromatic heterocycles. The largest absolute Gasteiger partial charge is 0.321 e. The molecule has 0 aromatic carbocycles. The van der Waals surface area contributed by atoms with Crippen LogP contribution in [-0.4, -0.2) is 27.1 Å². The predicted octanol–water partition coefficient (Wildman–Crippen LogP) is 1.39. The molecule has 0 aliphatic rings. The summed E-state index contributed by atoms with van der Waals surface area (Å²) in [5.74, 6) is -0.214. The zero-order chi connectivity index (χ0) is 14.4. The molecule has 0 spiro atoms. The molecule has 1 unspecified atom stereocenters. The van der Waals surface area contributed by atoms with Crippen LogP contribution >= 0.6 is 11.3 Å². The van der Waals surface area contributed by atoms with Gasteiger partial charge in [-0.3, -0.25) is 9.78 Å². The first-order valence-corrected chi connectivity index (χ1v) is 6.69. The molecule has 20 heavy (non-hydrogen) atoms. The molecule has 8 heteroatoms. The molecule has 0 radical (unpaired) electrons. The molecule has 0 aliphatic heterocycles. The van der Waals surface area contributed by atoms with Gasteiger partial charge >= 0.3 is 0 Å². The van der Waals surface area contributed by atoms with Gasteiger partial charge in [0.15, 0.2) is 11.2 Å². The van der Waals surface area contributed by atoms with Gasteiger partial charge in [0.25, 0.3) is 0 Å². The van der Waals surface area contributed by atoms with Crippen molar-refractivity contribution >= 4 is 22.4 Å². The van der Waals surface area contributed by atoms with E-state index in [1.165, 1.54) is 11.3 Å². The van der Waals surface area contributed by atoms with Gasteiger partial charge in [-0.05, 0) is 19.1 Å². The van der Waals surface area contributed by atoms with E-state index in [0.29, 0.717) is 10.1 Å². The number of carbonyl (C=O) groups is 1. The molecule has 2 rings (SSSR count). The van der Waals surface area contributed by atoms with E-state index in [9.17, 15) is 4.79 Å².